The van der Waals surface area contributed by atoms with Crippen LogP contribution in [0.2, 0.25) is 0 Å². The number of nitrogens with one attached hydrogen (secondary N) is 2. The minimum atomic E-state index is -0.542. The number of carbonyl (C=O) groups is 1. The Morgan fingerprint density at radius 1 is 1.32 bits per heavy atom. The molecular formula is C14H19N3O2. The lowest BCUT2D eigenvalue weighted by molar-refractivity contribution is 0.132. The minimum absolute atomic E-state index is 0.270. The Hall–Kier alpha value is -2.04. The van der Waals surface area contributed by atoms with Gasteiger partial charge in [-0.1, -0.05) is 25.1 Å². The summed E-state index contributed by atoms with van der Waals surface area (Å²) < 4.78 is 0. The second kappa shape index (κ2) is 6.22. The van der Waals surface area contributed by atoms with Crippen molar-refractivity contribution in [2.75, 3.05) is 5.32 Å². The van der Waals surface area contributed by atoms with Crippen LogP contribution in [0.25, 0.3) is 0 Å². The van der Waals surface area contributed by atoms with Crippen molar-refractivity contribution in [2.24, 2.45) is 10.9 Å². The molecule has 0 aromatic heterocycles. The largest absolute Gasteiger partial charge is 0.435 e. The molecule has 0 saturated heterocycles. The smallest absolute Gasteiger partial charge is 0.323 e. The quantitative estimate of drug-likeness (QED) is 0.764. The monoisotopic (exact) mass is 261 g/mol. The first-order chi connectivity index (χ1) is 9.13. The summed E-state index contributed by atoms with van der Waals surface area (Å²) in [7, 11) is 0. The molecule has 2 unspecified atom stereocenters. The molecule has 5 nitrogen and oxygen atoms in total. The van der Waals surface area contributed by atoms with E-state index in [1.54, 1.807) is 12.1 Å². The summed E-state index contributed by atoms with van der Waals surface area (Å²) in [5.41, 5.74) is 3.34. The number of para-hydroxylation sites is 1. The molecular weight excluding hydrogens is 242 g/mol. The number of rotatable bonds is 1. The average Bonchev–Trinajstić information content (AvgIpc) is 2.36. The Kier molecular flexibility index (Phi) is 4.39. The van der Waals surface area contributed by atoms with Crippen molar-refractivity contribution >= 4 is 17.6 Å². The molecule has 5 heteroatoms. The Morgan fingerprint density at radius 2 is 2.05 bits per heavy atom. The average molecular weight is 261 g/mol. The summed E-state index contributed by atoms with van der Waals surface area (Å²) in [5, 5.41) is 2.63. The number of aliphatic imine (C=N–C) groups is 1. The number of nitrogens with zero attached hydrogens (tertiary/aromatic N) is 1. The van der Waals surface area contributed by atoms with Crippen LogP contribution in [-0.4, -0.2) is 18.0 Å². The van der Waals surface area contributed by atoms with E-state index in [2.05, 4.69) is 29.6 Å². The van der Waals surface area contributed by atoms with Crippen LogP contribution < -0.4 is 10.8 Å². The van der Waals surface area contributed by atoms with Gasteiger partial charge < -0.3 is 4.84 Å². The van der Waals surface area contributed by atoms with E-state index in [4.69, 9.17) is 4.84 Å². The highest BCUT2D eigenvalue weighted by molar-refractivity contribution is 5.87. The predicted molar refractivity (Wildman–Crippen MR) is 75.0 cm³/mol. The number of amides is 1. The second-order valence-corrected chi connectivity index (χ2v) is 4.95. The van der Waals surface area contributed by atoms with Crippen molar-refractivity contribution in [3.05, 3.63) is 30.3 Å². The van der Waals surface area contributed by atoms with E-state index in [-0.39, 0.29) is 6.04 Å². The summed E-state index contributed by atoms with van der Waals surface area (Å²) in [6, 6.07) is 9.43. The Balaban J connectivity index is 1.81. The van der Waals surface area contributed by atoms with Crippen LogP contribution in [0.4, 0.5) is 10.5 Å². The van der Waals surface area contributed by atoms with E-state index in [1.807, 2.05) is 18.2 Å². The zero-order chi connectivity index (χ0) is 13.7. The molecule has 0 bridgehead atoms. The number of anilines is 1. The lowest BCUT2D eigenvalue weighted by Crippen LogP contribution is -2.34. The van der Waals surface area contributed by atoms with E-state index in [0.29, 0.717) is 11.6 Å². The molecule has 2 N–H and O–H groups in total. The summed E-state index contributed by atoms with van der Waals surface area (Å²) in [6.07, 6.45) is 1.34. The fraction of sp³-hybridized carbons (Fsp3) is 0.429. The number of hydrogen-bond acceptors (Lipinski definition) is 4. The van der Waals surface area contributed by atoms with Gasteiger partial charge in [0.05, 0.1) is 0 Å². The van der Waals surface area contributed by atoms with Crippen molar-refractivity contribution in [3.8, 4) is 0 Å². The van der Waals surface area contributed by atoms with Crippen LogP contribution in [-0.2, 0) is 4.84 Å². The van der Waals surface area contributed by atoms with E-state index in [9.17, 15) is 4.79 Å². The van der Waals surface area contributed by atoms with Crippen molar-refractivity contribution in [2.45, 2.75) is 32.7 Å². The second-order valence-electron chi connectivity index (χ2n) is 4.95. The number of amidine groups is 1. The first-order valence-electron chi connectivity index (χ1n) is 6.49. The zero-order valence-electron chi connectivity index (χ0n) is 11.2. The summed E-state index contributed by atoms with van der Waals surface area (Å²) in [4.78, 5) is 20.9. The summed E-state index contributed by atoms with van der Waals surface area (Å²) >= 11 is 0. The standard InChI is InChI=1S/C14H19N3O2/c1-10-8-11(2)15-13(9-10)17-19-14(18)16-12-6-4-3-5-7-12/h3-7,10-11H,8-9H2,1-2H3,(H,15,17)(H,16,18). The van der Waals surface area contributed by atoms with Crippen LogP contribution in [0, 0.1) is 5.92 Å². The summed E-state index contributed by atoms with van der Waals surface area (Å²) in [5.74, 6) is 1.28. The van der Waals surface area contributed by atoms with Crippen LogP contribution in [0.3, 0.4) is 0 Å². The van der Waals surface area contributed by atoms with E-state index < -0.39 is 6.09 Å². The zero-order valence-corrected chi connectivity index (χ0v) is 11.2. The topological polar surface area (TPSA) is 62.7 Å². The lowest BCUT2D eigenvalue weighted by Gasteiger charge is -2.22. The minimum Gasteiger partial charge on any atom is -0.323 e. The molecule has 1 aromatic rings. The third-order valence-electron chi connectivity index (χ3n) is 2.94. The van der Waals surface area contributed by atoms with Gasteiger partial charge in [0.1, 0.15) is 5.84 Å². The van der Waals surface area contributed by atoms with Crippen LogP contribution >= 0.6 is 0 Å². The van der Waals surface area contributed by atoms with Gasteiger partial charge >= 0.3 is 6.09 Å². The maximum Gasteiger partial charge on any atom is 0.435 e. The van der Waals surface area contributed by atoms with Crippen molar-refractivity contribution in [3.63, 3.8) is 0 Å². The molecule has 102 valence electrons. The molecule has 1 amide bonds. The van der Waals surface area contributed by atoms with Gasteiger partial charge in [-0.15, -0.1) is 0 Å². The molecule has 2 atom stereocenters. The van der Waals surface area contributed by atoms with Gasteiger partial charge in [0.25, 0.3) is 0 Å². The molecule has 1 aromatic carbocycles. The number of carbonyl (C=O) groups excluding carboxylic acids is 1. The first kappa shape index (κ1) is 13.4. The van der Waals surface area contributed by atoms with Gasteiger partial charge in [-0.3, -0.25) is 10.3 Å². The molecule has 19 heavy (non-hydrogen) atoms. The predicted octanol–water partition coefficient (Wildman–Crippen LogP) is 2.96. The third-order valence-corrected chi connectivity index (χ3v) is 2.94. The maximum atomic E-state index is 11.6. The lowest BCUT2D eigenvalue weighted by atomic mass is 9.96. The molecule has 2 rings (SSSR count). The molecule has 1 aliphatic rings. The molecule has 0 aliphatic carbocycles. The van der Waals surface area contributed by atoms with Gasteiger partial charge in [0, 0.05) is 18.2 Å². The van der Waals surface area contributed by atoms with E-state index >= 15 is 0 Å². The SMILES string of the molecule is CC1CC(NOC(=O)Nc2ccccc2)=NC(C)C1. The highest BCUT2D eigenvalue weighted by Gasteiger charge is 2.18. The Morgan fingerprint density at radius 3 is 2.74 bits per heavy atom. The van der Waals surface area contributed by atoms with Crippen LogP contribution in [0.1, 0.15) is 26.7 Å². The Labute approximate surface area is 113 Å². The fourth-order valence-electron chi connectivity index (χ4n) is 2.21. The molecule has 0 radical (unpaired) electrons. The van der Waals surface area contributed by atoms with Gasteiger partial charge in [0.2, 0.25) is 0 Å². The van der Waals surface area contributed by atoms with Crippen molar-refractivity contribution in [1.82, 2.24) is 5.48 Å². The molecule has 1 heterocycles. The third kappa shape index (κ3) is 4.28. The molecule has 0 saturated carbocycles. The highest BCUT2D eigenvalue weighted by atomic mass is 16.7. The Bertz CT molecular complexity index is 459. The molecule has 1 aliphatic heterocycles. The van der Waals surface area contributed by atoms with Gasteiger partial charge in [-0.05, 0) is 31.4 Å². The maximum absolute atomic E-state index is 11.6. The number of hydrogen-bond donors (Lipinski definition) is 2. The number of benzene rings is 1. The first-order valence-corrected chi connectivity index (χ1v) is 6.49. The van der Waals surface area contributed by atoms with Crippen LogP contribution in [0.15, 0.2) is 35.3 Å². The fourth-order valence-corrected chi connectivity index (χ4v) is 2.21. The van der Waals surface area contributed by atoms with E-state index in [1.165, 1.54) is 0 Å². The summed E-state index contributed by atoms with van der Waals surface area (Å²) in [6.45, 7) is 4.22. The van der Waals surface area contributed by atoms with E-state index in [0.717, 1.165) is 18.7 Å². The normalized spacial score (nSPS) is 22.3. The van der Waals surface area contributed by atoms with Crippen molar-refractivity contribution in [1.29, 1.82) is 0 Å². The van der Waals surface area contributed by atoms with Gasteiger partial charge in [0.15, 0.2) is 0 Å². The van der Waals surface area contributed by atoms with Crippen molar-refractivity contribution < 1.29 is 9.63 Å². The van der Waals surface area contributed by atoms with Gasteiger partial charge in [-0.25, -0.2) is 10.3 Å². The highest BCUT2D eigenvalue weighted by Crippen LogP contribution is 2.18. The molecule has 0 spiro atoms. The number of hydroxylamine groups is 1. The van der Waals surface area contributed by atoms with Crippen LogP contribution in [0.5, 0.6) is 0 Å². The molecule has 0 fully saturated rings. The van der Waals surface area contributed by atoms with Gasteiger partial charge in [-0.2, -0.15) is 0 Å².